The monoisotopic (exact) mass is 612 g/mol. The lowest BCUT2D eigenvalue weighted by molar-refractivity contribution is -0.118. The van der Waals surface area contributed by atoms with Crippen LogP contribution >= 0.6 is 35.6 Å². The van der Waals surface area contributed by atoms with Gasteiger partial charge in [-0.25, -0.2) is 0 Å². The first-order valence-corrected chi connectivity index (χ1v) is 14.8. The molecule has 42 heavy (non-hydrogen) atoms. The Morgan fingerprint density at radius 1 is 0.976 bits per heavy atom. The molecule has 3 aromatic carbocycles. The molecule has 2 atom stereocenters. The molecule has 0 bridgehead atoms. The molecule has 1 fully saturated rings. The van der Waals surface area contributed by atoms with Gasteiger partial charge in [0.05, 0.1) is 11.7 Å². The highest BCUT2D eigenvalue weighted by molar-refractivity contribution is 7.99. The molecule has 5 aromatic rings. The lowest BCUT2D eigenvalue weighted by Gasteiger charge is -2.26. The maximum Gasteiger partial charge on any atom is 0.262 e. The first-order valence-electron chi connectivity index (χ1n) is 13.1. The zero-order valence-electron chi connectivity index (χ0n) is 22.1. The van der Waals surface area contributed by atoms with Crippen molar-refractivity contribution in [1.82, 2.24) is 10.3 Å². The van der Waals surface area contributed by atoms with Crippen molar-refractivity contribution in [1.29, 1.82) is 0 Å². The van der Waals surface area contributed by atoms with Crippen LogP contribution in [-0.2, 0) is 4.79 Å². The number of nitrogens with one attached hydrogen (secondary N) is 2. The van der Waals surface area contributed by atoms with E-state index in [-0.39, 0.29) is 24.6 Å². The normalized spacial score (nSPS) is 16.2. The SMILES string of the molecule is O=C(COc1ccccc1)Nc1ccc(N2C(=S)N[C@H](c3ccccn3)[C@@H]2c2ccc(Sc3ccc(Cl)cc3)o2)cc1. The summed E-state index contributed by atoms with van der Waals surface area (Å²) >= 11 is 13.4. The van der Waals surface area contributed by atoms with E-state index in [1.165, 1.54) is 11.8 Å². The summed E-state index contributed by atoms with van der Waals surface area (Å²) < 4.78 is 11.9. The molecule has 1 saturated heterocycles. The Balaban J connectivity index is 1.22. The fourth-order valence-electron chi connectivity index (χ4n) is 4.66. The van der Waals surface area contributed by atoms with Crippen molar-refractivity contribution in [3.63, 3.8) is 0 Å². The highest BCUT2D eigenvalue weighted by atomic mass is 35.5. The maximum absolute atomic E-state index is 12.5. The summed E-state index contributed by atoms with van der Waals surface area (Å²) in [6, 6.07) is 33.6. The second kappa shape index (κ2) is 12.7. The van der Waals surface area contributed by atoms with E-state index < -0.39 is 0 Å². The zero-order chi connectivity index (χ0) is 28.9. The largest absolute Gasteiger partial charge is 0.484 e. The van der Waals surface area contributed by atoms with E-state index in [4.69, 9.17) is 33.0 Å². The van der Waals surface area contributed by atoms with Gasteiger partial charge < -0.3 is 24.7 Å². The lowest BCUT2D eigenvalue weighted by Crippen LogP contribution is -2.29. The average molecular weight is 613 g/mol. The molecule has 2 N–H and O–H groups in total. The van der Waals surface area contributed by atoms with Gasteiger partial charge in [0.15, 0.2) is 16.8 Å². The van der Waals surface area contributed by atoms with E-state index in [9.17, 15) is 4.79 Å². The van der Waals surface area contributed by atoms with Crippen LogP contribution in [0, 0.1) is 0 Å². The van der Waals surface area contributed by atoms with Crippen LogP contribution in [0.3, 0.4) is 0 Å². The molecule has 2 aromatic heterocycles. The molecule has 0 unspecified atom stereocenters. The smallest absolute Gasteiger partial charge is 0.262 e. The highest BCUT2D eigenvalue weighted by Gasteiger charge is 2.42. The molecule has 7 nitrogen and oxygen atoms in total. The lowest BCUT2D eigenvalue weighted by atomic mass is 10.0. The number of pyridine rings is 1. The topological polar surface area (TPSA) is 79.6 Å². The minimum atomic E-state index is -0.299. The predicted molar refractivity (Wildman–Crippen MR) is 169 cm³/mol. The third-order valence-corrected chi connectivity index (χ3v) is 8.06. The molecule has 3 heterocycles. The summed E-state index contributed by atoms with van der Waals surface area (Å²) in [5.74, 6) is 1.13. The van der Waals surface area contributed by atoms with Crippen molar-refractivity contribution in [3.05, 3.63) is 132 Å². The van der Waals surface area contributed by atoms with Crippen LogP contribution in [0.1, 0.15) is 23.5 Å². The van der Waals surface area contributed by atoms with Crippen LogP contribution in [0.4, 0.5) is 11.4 Å². The molecule has 1 aliphatic rings. The van der Waals surface area contributed by atoms with Crippen molar-refractivity contribution in [2.45, 2.75) is 22.1 Å². The van der Waals surface area contributed by atoms with E-state index >= 15 is 0 Å². The molecular weight excluding hydrogens is 588 g/mol. The number of benzene rings is 3. The number of thiocarbonyl (C=S) groups is 1. The molecule has 6 rings (SSSR count). The van der Waals surface area contributed by atoms with E-state index in [0.717, 1.165) is 27.1 Å². The molecule has 0 saturated carbocycles. The third-order valence-electron chi connectivity index (χ3n) is 6.57. The van der Waals surface area contributed by atoms with Crippen LogP contribution in [-0.4, -0.2) is 22.6 Å². The number of amides is 1. The first-order chi connectivity index (χ1) is 20.5. The predicted octanol–water partition coefficient (Wildman–Crippen LogP) is 7.67. The van der Waals surface area contributed by atoms with E-state index in [1.54, 1.807) is 6.20 Å². The molecule has 0 spiro atoms. The Morgan fingerprint density at radius 3 is 2.48 bits per heavy atom. The van der Waals surface area contributed by atoms with Gasteiger partial charge in [0, 0.05) is 27.5 Å². The summed E-state index contributed by atoms with van der Waals surface area (Å²) in [7, 11) is 0. The standard InChI is InChI=1S/C32H25ClN4O3S2/c33-21-9-15-25(16-10-21)42-29-18-17-27(40-29)31-30(26-8-4-5-19-34-26)36-32(41)37(31)23-13-11-22(12-14-23)35-28(38)20-39-24-6-2-1-3-7-24/h1-19,30-31H,20H2,(H,35,38)(H,36,41)/t30-,31+/m1/s1. The molecular formula is C32H25ClN4O3S2. The van der Waals surface area contributed by atoms with Gasteiger partial charge in [0.25, 0.3) is 5.91 Å². The van der Waals surface area contributed by atoms with Crippen molar-refractivity contribution in [3.8, 4) is 5.75 Å². The van der Waals surface area contributed by atoms with Crippen molar-refractivity contribution < 1.29 is 13.9 Å². The quantitative estimate of drug-likeness (QED) is 0.164. The van der Waals surface area contributed by atoms with Crippen LogP contribution in [0.25, 0.3) is 0 Å². The summed E-state index contributed by atoms with van der Waals surface area (Å²) in [4.78, 5) is 20.1. The summed E-state index contributed by atoms with van der Waals surface area (Å²) in [6.45, 7) is -0.0887. The number of anilines is 2. The molecule has 0 radical (unpaired) electrons. The van der Waals surface area contributed by atoms with Crippen LogP contribution < -0.4 is 20.3 Å². The Kier molecular flexibility index (Phi) is 8.41. The second-order valence-corrected chi connectivity index (χ2v) is 11.3. The van der Waals surface area contributed by atoms with Crippen LogP contribution in [0.2, 0.25) is 5.02 Å². The van der Waals surface area contributed by atoms with Crippen LogP contribution in [0.15, 0.2) is 130 Å². The van der Waals surface area contributed by atoms with Crippen LogP contribution in [0.5, 0.6) is 5.75 Å². The van der Waals surface area contributed by atoms with Gasteiger partial charge >= 0.3 is 0 Å². The Hall–Kier alpha value is -4.31. The Morgan fingerprint density at radius 2 is 1.74 bits per heavy atom. The Labute approximate surface area is 257 Å². The summed E-state index contributed by atoms with van der Waals surface area (Å²) in [6.07, 6.45) is 1.77. The van der Waals surface area contributed by atoms with Gasteiger partial charge in [-0.1, -0.05) is 47.6 Å². The second-order valence-electron chi connectivity index (χ2n) is 9.41. The number of hydrogen-bond acceptors (Lipinski definition) is 6. The van der Waals surface area contributed by atoms with E-state index in [0.29, 0.717) is 21.6 Å². The average Bonchev–Trinajstić information content (AvgIpc) is 3.62. The molecule has 1 aliphatic heterocycles. The Bertz CT molecular complexity index is 1670. The van der Waals surface area contributed by atoms with Crippen molar-refractivity contribution in [2.24, 2.45) is 0 Å². The van der Waals surface area contributed by atoms with Crippen molar-refractivity contribution >= 4 is 58.0 Å². The van der Waals surface area contributed by atoms with Crippen molar-refractivity contribution in [2.75, 3.05) is 16.8 Å². The van der Waals surface area contributed by atoms with Gasteiger partial charge in [-0.3, -0.25) is 9.78 Å². The number of halogens is 1. The highest BCUT2D eigenvalue weighted by Crippen LogP contribution is 2.43. The molecule has 210 valence electrons. The van der Waals surface area contributed by atoms with Gasteiger partial charge in [-0.15, -0.1) is 0 Å². The number of carbonyl (C=O) groups is 1. The van der Waals surface area contributed by atoms with Gasteiger partial charge in [-0.05, 0) is 97.1 Å². The fourth-order valence-corrected chi connectivity index (χ4v) is 5.91. The summed E-state index contributed by atoms with van der Waals surface area (Å²) in [5, 5.41) is 8.30. The number of carbonyl (C=O) groups excluding carboxylic acids is 1. The van der Waals surface area contributed by atoms with E-state index in [2.05, 4.69) is 15.6 Å². The first kappa shape index (κ1) is 27.8. The molecule has 1 amide bonds. The summed E-state index contributed by atoms with van der Waals surface area (Å²) in [5.41, 5.74) is 2.34. The molecule has 0 aliphatic carbocycles. The number of furan rings is 1. The number of nitrogens with zero attached hydrogens (tertiary/aromatic N) is 2. The molecule has 10 heteroatoms. The van der Waals surface area contributed by atoms with Gasteiger partial charge in [0.1, 0.15) is 17.6 Å². The van der Waals surface area contributed by atoms with E-state index in [1.807, 2.05) is 114 Å². The minimum Gasteiger partial charge on any atom is -0.484 e. The number of hydrogen-bond donors (Lipinski definition) is 2. The number of para-hydroxylation sites is 1. The zero-order valence-corrected chi connectivity index (χ0v) is 24.5. The minimum absolute atomic E-state index is 0.0887. The van der Waals surface area contributed by atoms with Gasteiger partial charge in [-0.2, -0.15) is 0 Å². The van der Waals surface area contributed by atoms with Gasteiger partial charge in [0.2, 0.25) is 0 Å². The maximum atomic E-state index is 12.5. The number of rotatable bonds is 9. The third kappa shape index (κ3) is 6.44. The number of ether oxygens (including phenoxy) is 1. The fraction of sp³-hybridized carbons (Fsp3) is 0.0938. The number of aromatic nitrogens is 1.